The van der Waals surface area contributed by atoms with Crippen LogP contribution in [0.5, 0.6) is 11.5 Å². The number of rotatable bonds is 9. The molecule has 3 aromatic rings. The zero-order valence-corrected chi connectivity index (χ0v) is 24.3. The molecule has 2 fully saturated rings. The number of nitrogens with one attached hydrogen (secondary N) is 2. The van der Waals surface area contributed by atoms with Gasteiger partial charge in [-0.1, -0.05) is 61.5 Å². The number of ether oxygens (including phenoxy) is 3. The van der Waals surface area contributed by atoms with Crippen LogP contribution in [0.3, 0.4) is 0 Å². The first kappa shape index (κ1) is 28.1. The van der Waals surface area contributed by atoms with Gasteiger partial charge in [0, 0.05) is 43.5 Å². The van der Waals surface area contributed by atoms with Gasteiger partial charge in [-0.25, -0.2) is 4.79 Å². The van der Waals surface area contributed by atoms with Crippen molar-refractivity contribution < 1.29 is 23.8 Å². The molecule has 4 atom stereocenters. The van der Waals surface area contributed by atoms with Crippen molar-refractivity contribution in [2.24, 2.45) is 11.8 Å². The maximum atomic E-state index is 11.8. The van der Waals surface area contributed by atoms with E-state index in [-0.39, 0.29) is 12.0 Å². The van der Waals surface area contributed by atoms with Crippen LogP contribution in [0.4, 0.5) is 4.79 Å². The second kappa shape index (κ2) is 12.9. The first-order chi connectivity index (χ1) is 20.6. The summed E-state index contributed by atoms with van der Waals surface area (Å²) in [6, 6.07) is 22.4. The van der Waals surface area contributed by atoms with E-state index in [1.54, 1.807) is 0 Å². The Labute approximate surface area is 247 Å². The second-order valence-electron chi connectivity index (χ2n) is 11.6. The Hall–Kier alpha value is -4.00. The zero-order chi connectivity index (χ0) is 28.9. The van der Waals surface area contributed by atoms with Gasteiger partial charge < -0.3 is 24.8 Å². The van der Waals surface area contributed by atoms with Crippen LogP contribution in [0.1, 0.15) is 65.8 Å². The molecular weight excluding hydrogens is 528 g/mol. The number of benzene rings is 3. The van der Waals surface area contributed by atoms with E-state index in [1.807, 2.05) is 43.3 Å². The molecule has 0 saturated heterocycles. The van der Waals surface area contributed by atoms with Crippen molar-refractivity contribution in [3.05, 3.63) is 94.5 Å². The third-order valence-electron chi connectivity index (χ3n) is 8.81. The third-order valence-corrected chi connectivity index (χ3v) is 8.81. The average molecular weight is 569 g/mol. The van der Waals surface area contributed by atoms with E-state index >= 15 is 0 Å². The van der Waals surface area contributed by atoms with Gasteiger partial charge in [0.1, 0.15) is 18.1 Å². The lowest BCUT2D eigenvalue weighted by atomic mass is 10.00. The van der Waals surface area contributed by atoms with Crippen molar-refractivity contribution in [2.75, 3.05) is 26.3 Å². The van der Waals surface area contributed by atoms with Crippen molar-refractivity contribution in [3.8, 4) is 11.5 Å². The van der Waals surface area contributed by atoms with E-state index in [4.69, 9.17) is 14.2 Å². The minimum absolute atomic E-state index is 0.155. The standard InChI is InChI=1S/C20H21NO3.C15H19NO2/c22-20(24-13-14-5-2-1-3-6-14)21-12-15-11-18(15)16-7-4-8-19-17(16)9-10-23-19;1-2-15(17)16-9-10-8-13(10)11-4-3-5-14-12(11)6-7-18-14/h1-8,15,18H,9-13H2,(H,21,22);3-5,10,13H,2,6-9H2,1H3,(H,16,17)/t15-,18+;10-,13+/m11/s1. The number of amides is 2. The summed E-state index contributed by atoms with van der Waals surface area (Å²) in [6.45, 7) is 5.29. The summed E-state index contributed by atoms with van der Waals surface area (Å²) in [7, 11) is 0. The van der Waals surface area contributed by atoms with Gasteiger partial charge in [-0.3, -0.25) is 4.79 Å². The Bertz CT molecular complexity index is 1410. The van der Waals surface area contributed by atoms with Crippen LogP contribution in [0.25, 0.3) is 0 Å². The summed E-state index contributed by atoms with van der Waals surface area (Å²) in [4.78, 5) is 23.1. The topological polar surface area (TPSA) is 85.9 Å². The largest absolute Gasteiger partial charge is 0.493 e. The highest BCUT2D eigenvalue weighted by Crippen LogP contribution is 2.51. The number of carbonyl (C=O) groups excluding carboxylic acids is 2. The molecule has 3 aromatic carbocycles. The highest BCUT2D eigenvalue weighted by atomic mass is 16.5. The van der Waals surface area contributed by atoms with E-state index in [0.717, 1.165) is 56.1 Å². The van der Waals surface area contributed by atoms with Crippen LogP contribution in [-0.2, 0) is 29.0 Å². The van der Waals surface area contributed by atoms with Gasteiger partial charge in [0.05, 0.1) is 13.2 Å². The molecule has 2 N–H and O–H groups in total. The Morgan fingerprint density at radius 1 is 0.762 bits per heavy atom. The molecule has 0 unspecified atom stereocenters. The first-order valence-electron chi connectivity index (χ1n) is 15.3. The smallest absolute Gasteiger partial charge is 0.407 e. The van der Waals surface area contributed by atoms with Crippen LogP contribution in [0.15, 0.2) is 66.7 Å². The molecule has 2 aliphatic carbocycles. The molecule has 0 spiro atoms. The van der Waals surface area contributed by atoms with Gasteiger partial charge >= 0.3 is 6.09 Å². The minimum atomic E-state index is -0.342. The molecule has 2 saturated carbocycles. The summed E-state index contributed by atoms with van der Waals surface area (Å²) >= 11 is 0. The van der Waals surface area contributed by atoms with Gasteiger partial charge in [0.15, 0.2) is 0 Å². The zero-order valence-electron chi connectivity index (χ0n) is 24.3. The number of hydrogen-bond acceptors (Lipinski definition) is 5. The second-order valence-corrected chi connectivity index (χ2v) is 11.6. The molecule has 7 rings (SSSR count). The average Bonchev–Trinajstić information content (AvgIpc) is 3.86. The Morgan fingerprint density at radius 2 is 1.33 bits per heavy atom. The molecule has 42 heavy (non-hydrogen) atoms. The van der Waals surface area contributed by atoms with Gasteiger partial charge in [0.25, 0.3) is 0 Å². The molecule has 7 nitrogen and oxygen atoms in total. The molecule has 2 heterocycles. The third kappa shape index (κ3) is 6.72. The van der Waals surface area contributed by atoms with Gasteiger partial charge in [-0.05, 0) is 65.3 Å². The summed E-state index contributed by atoms with van der Waals surface area (Å²) in [5, 5.41) is 5.88. The lowest BCUT2D eigenvalue weighted by molar-refractivity contribution is -0.120. The Morgan fingerprint density at radius 3 is 1.90 bits per heavy atom. The van der Waals surface area contributed by atoms with Crippen molar-refractivity contribution in [3.63, 3.8) is 0 Å². The lowest BCUT2D eigenvalue weighted by Gasteiger charge is -2.08. The van der Waals surface area contributed by atoms with E-state index < -0.39 is 0 Å². The van der Waals surface area contributed by atoms with E-state index in [1.165, 1.54) is 28.7 Å². The molecule has 0 bridgehead atoms. The first-order valence-corrected chi connectivity index (χ1v) is 15.3. The highest BCUT2D eigenvalue weighted by Gasteiger charge is 2.41. The molecule has 220 valence electrons. The molecule has 7 heteroatoms. The molecule has 4 aliphatic rings. The monoisotopic (exact) mass is 568 g/mol. The van der Waals surface area contributed by atoms with Crippen LogP contribution < -0.4 is 20.1 Å². The fraction of sp³-hybridized carbons (Fsp3) is 0.429. The fourth-order valence-corrected chi connectivity index (χ4v) is 6.26. The van der Waals surface area contributed by atoms with Gasteiger partial charge in [0.2, 0.25) is 5.91 Å². The van der Waals surface area contributed by atoms with Crippen molar-refractivity contribution >= 4 is 12.0 Å². The van der Waals surface area contributed by atoms with Crippen LogP contribution in [0, 0.1) is 11.8 Å². The molecule has 2 amide bonds. The van der Waals surface area contributed by atoms with E-state index in [9.17, 15) is 9.59 Å². The molecule has 2 aliphatic heterocycles. The van der Waals surface area contributed by atoms with Gasteiger partial charge in [-0.15, -0.1) is 0 Å². The SMILES string of the molecule is CCC(=O)NC[C@H]1C[C@@H]1c1cccc2c1CCO2.O=C(NC[C@H]1C[C@@H]1c1cccc2c1CCO2)OCc1ccccc1. The van der Waals surface area contributed by atoms with E-state index in [0.29, 0.717) is 43.2 Å². The van der Waals surface area contributed by atoms with Crippen LogP contribution in [-0.4, -0.2) is 38.3 Å². The van der Waals surface area contributed by atoms with Crippen molar-refractivity contribution in [2.45, 2.75) is 57.5 Å². The summed E-state index contributed by atoms with van der Waals surface area (Å²) in [5.41, 5.74) is 6.59. The Kier molecular flexibility index (Phi) is 8.63. The predicted octanol–water partition coefficient (Wildman–Crippen LogP) is 5.90. The highest BCUT2D eigenvalue weighted by molar-refractivity contribution is 5.75. The van der Waals surface area contributed by atoms with Gasteiger partial charge in [-0.2, -0.15) is 0 Å². The maximum absolute atomic E-state index is 11.8. The lowest BCUT2D eigenvalue weighted by Crippen LogP contribution is -2.26. The summed E-state index contributed by atoms with van der Waals surface area (Å²) in [6.07, 6.45) is 4.59. The summed E-state index contributed by atoms with van der Waals surface area (Å²) in [5.74, 6) is 4.54. The predicted molar refractivity (Wildman–Crippen MR) is 161 cm³/mol. The maximum Gasteiger partial charge on any atom is 0.407 e. The Balaban J connectivity index is 0.000000157. The quantitative estimate of drug-likeness (QED) is 0.336. The summed E-state index contributed by atoms with van der Waals surface area (Å²) < 4.78 is 16.5. The molecule has 0 aromatic heterocycles. The van der Waals surface area contributed by atoms with Crippen LogP contribution >= 0.6 is 0 Å². The fourth-order valence-electron chi connectivity index (χ4n) is 6.26. The number of fused-ring (bicyclic) bond motifs is 2. The van der Waals surface area contributed by atoms with Crippen molar-refractivity contribution in [1.29, 1.82) is 0 Å². The molecular formula is C35H40N2O5. The number of hydrogen-bond donors (Lipinski definition) is 2. The van der Waals surface area contributed by atoms with E-state index in [2.05, 4.69) is 41.0 Å². The van der Waals surface area contributed by atoms with Crippen LogP contribution in [0.2, 0.25) is 0 Å². The molecule has 0 radical (unpaired) electrons. The number of carbonyl (C=O) groups is 2. The van der Waals surface area contributed by atoms with Crippen molar-refractivity contribution in [1.82, 2.24) is 10.6 Å². The minimum Gasteiger partial charge on any atom is -0.493 e. The number of alkyl carbamates (subject to hydrolysis) is 1. The normalized spacial score (nSPS) is 22.3.